The van der Waals surface area contributed by atoms with E-state index < -0.39 is 17.5 Å². The standard InChI is InChI=1S/C12H7ClF2N4/c13-7-2-1-6(5-16)3-10(7)18-12-9(15)4-8(14)11(17)19-12/h1-4H,(H3,17,18,19). The van der Waals surface area contributed by atoms with Crippen molar-refractivity contribution in [3.63, 3.8) is 0 Å². The Morgan fingerprint density at radius 2 is 2.00 bits per heavy atom. The molecule has 0 atom stereocenters. The van der Waals surface area contributed by atoms with E-state index in [1.165, 1.54) is 18.2 Å². The molecule has 2 aromatic rings. The predicted molar refractivity (Wildman–Crippen MR) is 68.0 cm³/mol. The van der Waals surface area contributed by atoms with Crippen molar-refractivity contribution in [3.8, 4) is 6.07 Å². The predicted octanol–water partition coefficient (Wildman–Crippen LogP) is 3.21. The monoisotopic (exact) mass is 280 g/mol. The van der Waals surface area contributed by atoms with Crippen LogP contribution in [0.4, 0.5) is 26.1 Å². The molecule has 1 heterocycles. The van der Waals surface area contributed by atoms with Crippen LogP contribution < -0.4 is 11.1 Å². The highest BCUT2D eigenvalue weighted by molar-refractivity contribution is 6.33. The summed E-state index contributed by atoms with van der Waals surface area (Å²) in [6.07, 6.45) is 0. The molecular weight excluding hydrogens is 274 g/mol. The number of nitriles is 1. The number of rotatable bonds is 2. The second-order valence-corrected chi connectivity index (χ2v) is 4.02. The molecule has 2 rings (SSSR count). The smallest absolute Gasteiger partial charge is 0.169 e. The summed E-state index contributed by atoms with van der Waals surface area (Å²) in [7, 11) is 0. The quantitative estimate of drug-likeness (QED) is 0.886. The third-order valence-corrected chi connectivity index (χ3v) is 2.63. The summed E-state index contributed by atoms with van der Waals surface area (Å²) in [5.41, 5.74) is 5.87. The Bertz CT molecular complexity index is 682. The lowest BCUT2D eigenvalue weighted by atomic mass is 10.2. The maximum Gasteiger partial charge on any atom is 0.169 e. The second kappa shape index (κ2) is 5.08. The van der Waals surface area contributed by atoms with Crippen LogP contribution >= 0.6 is 11.6 Å². The lowest BCUT2D eigenvalue weighted by Crippen LogP contribution is -2.03. The normalized spacial score (nSPS) is 10.0. The van der Waals surface area contributed by atoms with E-state index in [0.29, 0.717) is 11.6 Å². The van der Waals surface area contributed by atoms with Gasteiger partial charge in [0.2, 0.25) is 0 Å². The summed E-state index contributed by atoms with van der Waals surface area (Å²) in [6, 6.07) is 6.95. The number of hydrogen-bond acceptors (Lipinski definition) is 4. The number of anilines is 3. The fourth-order valence-corrected chi connectivity index (χ4v) is 1.55. The van der Waals surface area contributed by atoms with Crippen molar-refractivity contribution in [3.05, 3.63) is 46.5 Å². The fourth-order valence-electron chi connectivity index (χ4n) is 1.39. The summed E-state index contributed by atoms with van der Waals surface area (Å²) in [4.78, 5) is 3.54. The van der Waals surface area contributed by atoms with E-state index in [1.807, 2.05) is 6.07 Å². The first-order valence-electron chi connectivity index (χ1n) is 5.09. The molecule has 0 unspecified atom stereocenters. The van der Waals surface area contributed by atoms with Gasteiger partial charge in [-0.1, -0.05) is 11.6 Å². The van der Waals surface area contributed by atoms with Crippen molar-refractivity contribution >= 4 is 28.9 Å². The van der Waals surface area contributed by atoms with Crippen LogP contribution in [0.2, 0.25) is 5.02 Å². The molecule has 0 aliphatic carbocycles. The molecule has 1 aromatic carbocycles. The third kappa shape index (κ3) is 2.72. The number of nitrogens with zero attached hydrogens (tertiary/aromatic N) is 2. The van der Waals surface area contributed by atoms with Gasteiger partial charge in [0.05, 0.1) is 22.3 Å². The van der Waals surface area contributed by atoms with Crippen LogP contribution in [-0.2, 0) is 0 Å². The molecule has 0 radical (unpaired) electrons. The molecule has 0 saturated carbocycles. The van der Waals surface area contributed by atoms with Crippen LogP contribution in [0.5, 0.6) is 0 Å². The number of aromatic nitrogens is 1. The van der Waals surface area contributed by atoms with E-state index in [1.54, 1.807) is 0 Å². The summed E-state index contributed by atoms with van der Waals surface area (Å²) < 4.78 is 26.5. The average molecular weight is 281 g/mol. The number of hydrogen-bond donors (Lipinski definition) is 2. The Labute approximate surface area is 112 Å². The van der Waals surface area contributed by atoms with Gasteiger partial charge in [-0.15, -0.1) is 0 Å². The molecule has 0 saturated heterocycles. The highest BCUT2D eigenvalue weighted by Crippen LogP contribution is 2.27. The SMILES string of the molecule is N#Cc1ccc(Cl)c(Nc2nc(N)c(F)cc2F)c1. The Hall–Kier alpha value is -2.39. The molecule has 0 fully saturated rings. The van der Waals surface area contributed by atoms with Crippen molar-refractivity contribution in [2.24, 2.45) is 0 Å². The number of pyridine rings is 1. The average Bonchev–Trinajstić information content (AvgIpc) is 2.38. The Morgan fingerprint density at radius 1 is 1.26 bits per heavy atom. The Kier molecular flexibility index (Phi) is 3.49. The van der Waals surface area contributed by atoms with Gasteiger partial charge in [-0.2, -0.15) is 5.26 Å². The minimum Gasteiger partial charge on any atom is -0.381 e. The zero-order chi connectivity index (χ0) is 14.0. The lowest BCUT2D eigenvalue weighted by Gasteiger charge is -2.09. The Morgan fingerprint density at radius 3 is 2.68 bits per heavy atom. The first-order valence-corrected chi connectivity index (χ1v) is 5.47. The first-order chi connectivity index (χ1) is 9.01. The van der Waals surface area contributed by atoms with Gasteiger partial charge < -0.3 is 11.1 Å². The zero-order valence-electron chi connectivity index (χ0n) is 9.42. The van der Waals surface area contributed by atoms with Gasteiger partial charge in [-0.05, 0) is 18.2 Å². The van der Waals surface area contributed by atoms with Crippen molar-refractivity contribution in [1.82, 2.24) is 4.98 Å². The number of nitrogens with one attached hydrogen (secondary N) is 1. The molecule has 0 aliphatic heterocycles. The van der Waals surface area contributed by atoms with Crippen molar-refractivity contribution in [2.75, 3.05) is 11.1 Å². The molecule has 3 N–H and O–H groups in total. The van der Waals surface area contributed by atoms with Gasteiger partial charge in [0.25, 0.3) is 0 Å². The summed E-state index contributed by atoms with van der Waals surface area (Å²) in [5.74, 6) is -2.56. The molecule has 7 heteroatoms. The number of nitrogens with two attached hydrogens (primary N) is 1. The molecule has 0 amide bonds. The lowest BCUT2D eigenvalue weighted by molar-refractivity contribution is 0.581. The van der Waals surface area contributed by atoms with E-state index in [0.717, 1.165) is 0 Å². The molecule has 4 nitrogen and oxygen atoms in total. The summed E-state index contributed by atoms with van der Waals surface area (Å²) >= 11 is 5.90. The number of benzene rings is 1. The van der Waals surface area contributed by atoms with Crippen LogP contribution in [-0.4, -0.2) is 4.98 Å². The van der Waals surface area contributed by atoms with Crippen molar-refractivity contribution in [2.45, 2.75) is 0 Å². The molecule has 0 aliphatic rings. The maximum absolute atomic E-state index is 13.5. The molecule has 96 valence electrons. The van der Waals surface area contributed by atoms with Crippen LogP contribution in [0.1, 0.15) is 5.56 Å². The fraction of sp³-hybridized carbons (Fsp3) is 0. The topological polar surface area (TPSA) is 74.7 Å². The van der Waals surface area contributed by atoms with Crippen LogP contribution in [0.25, 0.3) is 0 Å². The number of halogens is 3. The zero-order valence-corrected chi connectivity index (χ0v) is 10.2. The highest BCUT2D eigenvalue weighted by Gasteiger charge is 2.11. The molecular formula is C12H7ClF2N4. The van der Waals surface area contributed by atoms with Gasteiger partial charge in [0.15, 0.2) is 23.3 Å². The molecule has 1 aromatic heterocycles. The summed E-state index contributed by atoms with van der Waals surface area (Å²) in [6.45, 7) is 0. The highest BCUT2D eigenvalue weighted by atomic mass is 35.5. The van der Waals surface area contributed by atoms with Gasteiger partial charge in [-0.3, -0.25) is 0 Å². The minimum atomic E-state index is -0.945. The largest absolute Gasteiger partial charge is 0.381 e. The third-order valence-electron chi connectivity index (χ3n) is 2.31. The van der Waals surface area contributed by atoms with Gasteiger partial charge in [0.1, 0.15) is 0 Å². The molecule has 0 bridgehead atoms. The van der Waals surface area contributed by atoms with E-state index >= 15 is 0 Å². The van der Waals surface area contributed by atoms with E-state index in [2.05, 4.69) is 10.3 Å². The summed E-state index contributed by atoms with van der Waals surface area (Å²) in [5, 5.41) is 11.6. The second-order valence-electron chi connectivity index (χ2n) is 3.62. The van der Waals surface area contributed by atoms with Crippen LogP contribution in [0.3, 0.4) is 0 Å². The molecule has 19 heavy (non-hydrogen) atoms. The van der Waals surface area contributed by atoms with E-state index in [-0.39, 0.29) is 16.5 Å². The van der Waals surface area contributed by atoms with Crippen LogP contribution in [0, 0.1) is 23.0 Å². The first kappa shape index (κ1) is 13.1. The Balaban J connectivity index is 2.42. The van der Waals surface area contributed by atoms with Crippen LogP contribution in [0.15, 0.2) is 24.3 Å². The molecule has 0 spiro atoms. The van der Waals surface area contributed by atoms with Gasteiger partial charge >= 0.3 is 0 Å². The number of nitrogen functional groups attached to an aromatic ring is 1. The maximum atomic E-state index is 13.5. The van der Waals surface area contributed by atoms with Crippen molar-refractivity contribution in [1.29, 1.82) is 5.26 Å². The van der Waals surface area contributed by atoms with Gasteiger partial charge in [-0.25, -0.2) is 13.8 Å². The minimum absolute atomic E-state index is 0.267. The van der Waals surface area contributed by atoms with Gasteiger partial charge in [0, 0.05) is 6.07 Å². The van der Waals surface area contributed by atoms with E-state index in [4.69, 9.17) is 22.6 Å². The van der Waals surface area contributed by atoms with E-state index in [9.17, 15) is 8.78 Å². The van der Waals surface area contributed by atoms with Crippen molar-refractivity contribution < 1.29 is 8.78 Å².